The molecule has 8 nitrogen and oxygen atoms in total. The van der Waals surface area contributed by atoms with Gasteiger partial charge in [0.2, 0.25) is 0 Å². The van der Waals surface area contributed by atoms with E-state index in [0.717, 1.165) is 36.1 Å². The molecule has 2 aromatic heterocycles. The molecular formula is C20H27N7OS. The summed E-state index contributed by atoms with van der Waals surface area (Å²) in [5, 5.41) is 5.59. The largest absolute Gasteiger partial charge is 0.370 e. The number of fused-ring (bicyclic) bond motifs is 1. The maximum absolute atomic E-state index is 12.5. The van der Waals surface area contributed by atoms with Gasteiger partial charge in [-0.05, 0) is 54.5 Å². The lowest BCUT2D eigenvalue weighted by molar-refractivity contribution is 0.655. The number of guanidine groups is 1. The molecule has 0 aliphatic carbocycles. The minimum Gasteiger partial charge on any atom is -0.370 e. The van der Waals surface area contributed by atoms with Crippen molar-refractivity contribution in [3.05, 3.63) is 52.6 Å². The maximum Gasteiger partial charge on any atom is 0.354 e. The first-order chi connectivity index (χ1) is 13.9. The first-order valence-corrected chi connectivity index (χ1v) is 12.0. The van der Waals surface area contributed by atoms with Crippen LogP contribution in [0, 0.1) is 0 Å². The molecule has 1 aromatic carbocycles. The average Bonchev–Trinajstić information content (AvgIpc) is 3.30. The quantitative estimate of drug-likeness (QED) is 0.191. The average molecular weight is 414 g/mol. The lowest BCUT2D eigenvalue weighted by atomic mass is 10.2. The lowest BCUT2D eigenvalue weighted by Gasteiger charge is -2.09. The molecule has 0 radical (unpaired) electrons. The van der Waals surface area contributed by atoms with E-state index in [2.05, 4.69) is 32.6 Å². The van der Waals surface area contributed by atoms with E-state index in [9.17, 15) is 4.79 Å². The van der Waals surface area contributed by atoms with Crippen molar-refractivity contribution in [1.82, 2.24) is 19.9 Å². The van der Waals surface area contributed by atoms with Gasteiger partial charge in [-0.15, -0.1) is 0 Å². The van der Waals surface area contributed by atoms with Crippen molar-refractivity contribution in [2.75, 3.05) is 30.9 Å². The maximum atomic E-state index is 12.5. The van der Waals surface area contributed by atoms with Crippen LogP contribution in [0.25, 0.3) is 16.7 Å². The number of nitrogens with one attached hydrogen (secondary N) is 2. The van der Waals surface area contributed by atoms with Crippen LogP contribution >= 0.6 is 10.0 Å². The number of nitrogens with two attached hydrogens (primary N) is 2. The first kappa shape index (κ1) is 19.5. The molecule has 0 bridgehead atoms. The second-order valence-electron chi connectivity index (χ2n) is 7.52. The second-order valence-corrected chi connectivity index (χ2v) is 11.3. The van der Waals surface area contributed by atoms with Crippen LogP contribution in [0.3, 0.4) is 0 Å². The Morgan fingerprint density at radius 1 is 1.31 bits per heavy atom. The predicted octanol–water partition coefficient (Wildman–Crippen LogP) is 1.27. The van der Waals surface area contributed by atoms with E-state index in [-0.39, 0.29) is 11.6 Å². The molecule has 0 saturated carbocycles. The zero-order valence-corrected chi connectivity index (χ0v) is 17.3. The lowest BCUT2D eigenvalue weighted by Crippen LogP contribution is -2.23. The van der Waals surface area contributed by atoms with Gasteiger partial charge in [0.25, 0.3) is 0 Å². The van der Waals surface area contributed by atoms with Crippen LogP contribution in [0.4, 0.5) is 0 Å². The molecule has 1 aliphatic heterocycles. The van der Waals surface area contributed by atoms with Crippen molar-refractivity contribution in [2.45, 2.75) is 18.0 Å². The van der Waals surface area contributed by atoms with Crippen LogP contribution in [-0.4, -0.2) is 51.3 Å². The highest BCUT2D eigenvalue weighted by molar-refractivity contribution is 8.38. The number of nitrogens with zero attached hydrogens (tertiary/aromatic N) is 3. The van der Waals surface area contributed by atoms with E-state index in [1.807, 2.05) is 30.5 Å². The minimum atomic E-state index is -0.663. The summed E-state index contributed by atoms with van der Waals surface area (Å²) in [4.78, 5) is 24.1. The fourth-order valence-corrected chi connectivity index (χ4v) is 5.38. The third kappa shape index (κ3) is 4.46. The third-order valence-corrected chi connectivity index (χ3v) is 8.10. The minimum absolute atomic E-state index is 0.127. The van der Waals surface area contributed by atoms with Gasteiger partial charge in [0.05, 0.1) is 10.7 Å². The predicted molar refractivity (Wildman–Crippen MR) is 120 cm³/mol. The molecule has 0 amide bonds. The van der Waals surface area contributed by atoms with Crippen LogP contribution in [-0.2, 0) is 6.54 Å². The molecule has 0 spiro atoms. The van der Waals surface area contributed by atoms with Gasteiger partial charge in [0.15, 0.2) is 5.96 Å². The molecule has 3 aromatic rings. The van der Waals surface area contributed by atoms with E-state index in [0.29, 0.717) is 12.2 Å². The fraction of sp³-hybridized carbons (Fsp3) is 0.350. The smallest absolute Gasteiger partial charge is 0.354 e. The summed E-state index contributed by atoms with van der Waals surface area (Å²) in [7, 11) is -0.663. The zero-order valence-electron chi connectivity index (χ0n) is 16.5. The summed E-state index contributed by atoms with van der Waals surface area (Å²) in [6.45, 7) is 2.19. The summed E-state index contributed by atoms with van der Waals surface area (Å²) >= 11 is 0. The summed E-state index contributed by atoms with van der Waals surface area (Å²) in [6, 6.07) is 10.1. The van der Waals surface area contributed by atoms with E-state index < -0.39 is 10.0 Å². The Bertz CT molecular complexity index is 1090. The Labute approximate surface area is 170 Å². The van der Waals surface area contributed by atoms with Crippen LogP contribution in [0.1, 0.15) is 12.0 Å². The second kappa shape index (κ2) is 7.92. The first-order valence-electron chi connectivity index (χ1n) is 9.66. The van der Waals surface area contributed by atoms with E-state index in [4.69, 9.17) is 11.5 Å². The van der Waals surface area contributed by atoms with Crippen LogP contribution < -0.4 is 22.5 Å². The van der Waals surface area contributed by atoms with Gasteiger partial charge in [-0.1, -0.05) is 12.1 Å². The number of rotatable bonds is 8. The molecule has 9 heteroatoms. The Kier molecular flexibility index (Phi) is 5.33. The number of aliphatic imine (C=N–C) groups is 1. The Morgan fingerprint density at radius 2 is 2.07 bits per heavy atom. The molecule has 0 atom stereocenters. The number of hydrogen-bond donors (Lipinski definition) is 4. The topological polar surface area (TPSA) is 127 Å². The van der Waals surface area contributed by atoms with Crippen molar-refractivity contribution in [1.29, 1.82) is 0 Å². The standard InChI is InChI=1S/C20H27N7OS/c1-29(9-10-29)17-11-15-13-27(20(28)26-18(15)25-17)16-5-3-14(4-6-16)12-23-7-2-8-24-19(21)22/h3-6,11,13,23H,2,7-10,12H2,1H3,(H4,21,22,24)(H,25,26,28). The Hall–Kier alpha value is -2.78. The SMILES string of the molecule is CS1(c2cc3cn(-c4ccc(CNCCCN=C(N)N)cc4)c(=O)nc3[nH]2)CC1. The highest BCUT2D eigenvalue weighted by atomic mass is 32.3. The molecule has 1 fully saturated rings. The van der Waals surface area contributed by atoms with Crippen molar-refractivity contribution >= 4 is 27.0 Å². The number of benzene rings is 1. The van der Waals surface area contributed by atoms with E-state index in [1.165, 1.54) is 16.5 Å². The summed E-state index contributed by atoms with van der Waals surface area (Å²) in [5.74, 6) is 2.64. The molecule has 4 rings (SSSR count). The molecule has 154 valence electrons. The summed E-state index contributed by atoms with van der Waals surface area (Å²) in [6.07, 6.45) is 5.07. The number of aromatic amines is 1. The summed E-state index contributed by atoms with van der Waals surface area (Å²) < 4.78 is 1.61. The van der Waals surface area contributed by atoms with Gasteiger partial charge in [0, 0.05) is 24.7 Å². The van der Waals surface area contributed by atoms with Crippen LogP contribution in [0.5, 0.6) is 0 Å². The normalized spacial score (nSPS) is 15.9. The van der Waals surface area contributed by atoms with Gasteiger partial charge in [-0.25, -0.2) is 14.8 Å². The zero-order chi connectivity index (χ0) is 20.4. The highest BCUT2D eigenvalue weighted by Gasteiger charge is 2.34. The molecule has 1 aliphatic rings. The molecule has 1 saturated heterocycles. The van der Waals surface area contributed by atoms with Gasteiger partial charge in [0.1, 0.15) is 5.65 Å². The van der Waals surface area contributed by atoms with Crippen molar-refractivity contribution in [3.8, 4) is 5.69 Å². The molecule has 29 heavy (non-hydrogen) atoms. The number of hydrogen-bond acceptors (Lipinski definition) is 4. The monoisotopic (exact) mass is 413 g/mol. The van der Waals surface area contributed by atoms with Crippen molar-refractivity contribution in [3.63, 3.8) is 0 Å². The van der Waals surface area contributed by atoms with E-state index >= 15 is 0 Å². The van der Waals surface area contributed by atoms with Crippen molar-refractivity contribution < 1.29 is 0 Å². The van der Waals surface area contributed by atoms with Gasteiger partial charge < -0.3 is 21.8 Å². The molecule has 3 heterocycles. The Balaban J connectivity index is 1.43. The van der Waals surface area contributed by atoms with E-state index in [1.54, 1.807) is 4.57 Å². The fourth-order valence-electron chi connectivity index (χ4n) is 3.18. The van der Waals surface area contributed by atoms with Crippen LogP contribution in [0.15, 0.2) is 51.3 Å². The van der Waals surface area contributed by atoms with Crippen LogP contribution in [0.2, 0.25) is 0 Å². The van der Waals surface area contributed by atoms with Crippen molar-refractivity contribution in [2.24, 2.45) is 16.5 Å². The molecule has 6 N–H and O–H groups in total. The highest BCUT2D eigenvalue weighted by Crippen LogP contribution is 2.64. The molecular weight excluding hydrogens is 386 g/mol. The summed E-state index contributed by atoms with van der Waals surface area (Å²) in [5.41, 5.74) is 13.0. The number of aromatic nitrogens is 3. The van der Waals surface area contributed by atoms with Gasteiger partial charge in [-0.2, -0.15) is 4.98 Å². The number of H-pyrrole nitrogens is 1. The van der Waals surface area contributed by atoms with Gasteiger partial charge in [-0.3, -0.25) is 9.56 Å². The third-order valence-electron chi connectivity index (χ3n) is 5.18. The van der Waals surface area contributed by atoms with Gasteiger partial charge >= 0.3 is 5.69 Å². The Morgan fingerprint density at radius 3 is 2.76 bits per heavy atom. The molecule has 0 unspecified atom stereocenters.